The number of nitrogens with one attached hydrogen (secondary N) is 4. The standard InChI is InChI=1S/C44H59N7O17/c1-5-14-68-28-12-8-24(9-13-28)39(62)46-29(15-27(57)19-52)40(63)47-31(21(3)53)43(66)50-18-26(56)16-30(50)41(64)49-33(37(60)36(59)23-6-10-25(55)11-7-23)42(65)48-32(22(4)54)44(67)51-17-20(2)35(58)34(51)38(45)61/h6-13,20-22,26-27,29-37,52-60H,15-19H2,1-4H3,(H2,45,61)(H,46,62)(H,47,63)(H,48,65)(H,49,64)/t20-,21?,22?,26+,27+,29-,30-,31-,32-,33-,34-,35-,36?,37-/m0/s1. The lowest BCUT2D eigenvalue weighted by molar-refractivity contribution is -0.147. The average Bonchev–Trinajstić information content (AvgIpc) is 3.85. The van der Waals surface area contributed by atoms with Crippen molar-refractivity contribution in [3.63, 3.8) is 0 Å². The number of likely N-dealkylation sites (tertiary alicyclic amines) is 2. The normalized spacial score (nSPS) is 22.9. The number of aliphatic hydroxyl groups is 8. The van der Waals surface area contributed by atoms with E-state index in [-0.39, 0.29) is 23.4 Å². The van der Waals surface area contributed by atoms with Crippen LogP contribution in [0.3, 0.4) is 0 Å². The van der Waals surface area contributed by atoms with Gasteiger partial charge in [-0.25, -0.2) is 0 Å². The maximum absolute atomic E-state index is 14.2. The van der Waals surface area contributed by atoms with Crippen LogP contribution < -0.4 is 31.7 Å². The third-order valence-electron chi connectivity index (χ3n) is 11.5. The number of nitrogens with two attached hydrogens (primary N) is 1. The summed E-state index contributed by atoms with van der Waals surface area (Å²) in [6.07, 6.45) is -10.8. The summed E-state index contributed by atoms with van der Waals surface area (Å²) < 4.78 is 5.16. The van der Waals surface area contributed by atoms with Crippen molar-refractivity contribution in [2.24, 2.45) is 11.7 Å². The van der Waals surface area contributed by atoms with Gasteiger partial charge in [-0.05, 0) is 55.8 Å². The highest BCUT2D eigenvalue weighted by Gasteiger charge is 2.49. The molecule has 3 unspecified atom stereocenters. The van der Waals surface area contributed by atoms with Crippen LogP contribution in [-0.4, -0.2) is 190 Å². The number of benzene rings is 2. The molecule has 14 atom stereocenters. The minimum Gasteiger partial charge on any atom is -0.508 e. The molecule has 2 aromatic rings. The van der Waals surface area contributed by atoms with Gasteiger partial charge in [-0.2, -0.15) is 0 Å². The van der Waals surface area contributed by atoms with Gasteiger partial charge in [0.05, 0.1) is 37.1 Å². The number of carbonyl (C=O) groups excluding carboxylic acids is 7. The molecule has 2 aromatic carbocycles. The predicted molar refractivity (Wildman–Crippen MR) is 234 cm³/mol. The molecule has 15 N–H and O–H groups in total. The number of β-amino-alcohol motifs (C(OH)–C–C–N with tert-alkyl or cyclic N) is 1. The number of carbonyl (C=O) groups is 7. The first kappa shape index (κ1) is 54.2. The largest absolute Gasteiger partial charge is 0.508 e. The van der Waals surface area contributed by atoms with Crippen molar-refractivity contribution >= 4 is 41.4 Å². The lowest BCUT2D eigenvalue weighted by Crippen LogP contribution is -2.64. The van der Waals surface area contributed by atoms with Crippen molar-refractivity contribution in [2.75, 3.05) is 19.7 Å². The zero-order valence-electron chi connectivity index (χ0n) is 37.5. The molecule has 2 saturated heterocycles. The molecule has 0 spiro atoms. The Morgan fingerprint density at radius 2 is 1.37 bits per heavy atom. The van der Waals surface area contributed by atoms with E-state index >= 15 is 0 Å². The highest BCUT2D eigenvalue weighted by atomic mass is 16.5. The molecule has 2 heterocycles. The van der Waals surface area contributed by atoms with Gasteiger partial charge in [0.25, 0.3) is 5.91 Å². The van der Waals surface area contributed by atoms with E-state index in [4.69, 9.17) is 10.5 Å². The van der Waals surface area contributed by atoms with E-state index in [1.807, 2.05) is 0 Å². The van der Waals surface area contributed by atoms with Crippen molar-refractivity contribution in [3.05, 3.63) is 59.7 Å². The summed E-state index contributed by atoms with van der Waals surface area (Å²) in [7, 11) is 0. The smallest absolute Gasteiger partial charge is 0.251 e. The maximum atomic E-state index is 14.2. The van der Waals surface area contributed by atoms with Crippen LogP contribution in [0, 0.1) is 17.9 Å². The number of ether oxygens (including phenoxy) is 1. The van der Waals surface area contributed by atoms with Crippen molar-refractivity contribution in [1.82, 2.24) is 31.1 Å². The first-order valence-electron chi connectivity index (χ1n) is 21.5. The van der Waals surface area contributed by atoms with E-state index < -0.39 is 152 Å². The summed E-state index contributed by atoms with van der Waals surface area (Å²) in [4.78, 5) is 97.2. The molecule has 68 heavy (non-hydrogen) atoms. The number of hydrogen-bond donors (Lipinski definition) is 14. The topological polar surface area (TPSA) is 391 Å². The van der Waals surface area contributed by atoms with Gasteiger partial charge in [0.1, 0.15) is 66.1 Å². The number of aromatic hydroxyl groups is 1. The molecule has 0 bridgehead atoms. The van der Waals surface area contributed by atoms with Crippen molar-refractivity contribution < 1.29 is 84.3 Å². The molecule has 0 saturated carbocycles. The molecule has 0 aromatic heterocycles. The SMILES string of the molecule is CC#COc1ccc(C(=O)N[C@@H](C[C@@H](O)CO)C(=O)N[C@H](C(=O)N2C[C@H](O)C[C@H]2C(=O)N[C@H](C(=O)N[C@H](C(=O)N2C[C@H](C)[C@H](O)[C@H]2C(N)=O)C(C)O)[C@H](O)C(O)c2ccc(O)cc2)C(C)O)cc1. The molecular formula is C44H59N7O17. The van der Waals surface area contributed by atoms with Crippen LogP contribution in [-0.2, 0) is 28.8 Å². The summed E-state index contributed by atoms with van der Waals surface area (Å²) >= 11 is 0. The van der Waals surface area contributed by atoms with E-state index in [0.29, 0.717) is 5.75 Å². The molecule has 2 aliphatic heterocycles. The second kappa shape index (κ2) is 24.0. The highest BCUT2D eigenvalue weighted by Crippen LogP contribution is 2.27. The Balaban J connectivity index is 1.61. The van der Waals surface area contributed by atoms with Crippen LogP contribution in [0.25, 0.3) is 0 Å². The quantitative estimate of drug-likeness (QED) is 0.0551. The lowest BCUT2D eigenvalue weighted by Gasteiger charge is -2.34. The van der Waals surface area contributed by atoms with Crippen LogP contribution in [0.5, 0.6) is 11.5 Å². The molecule has 0 aliphatic carbocycles. The van der Waals surface area contributed by atoms with Gasteiger partial charge in [-0.1, -0.05) is 25.0 Å². The number of primary amides is 1. The Morgan fingerprint density at radius 1 is 0.794 bits per heavy atom. The van der Waals surface area contributed by atoms with Gasteiger partial charge < -0.3 is 87.5 Å². The van der Waals surface area contributed by atoms with Gasteiger partial charge in [-0.15, -0.1) is 0 Å². The Hall–Kier alpha value is -6.43. The molecule has 2 aliphatic rings. The predicted octanol–water partition coefficient (Wildman–Crippen LogP) is -5.44. The van der Waals surface area contributed by atoms with Crippen molar-refractivity contribution in [1.29, 1.82) is 0 Å². The van der Waals surface area contributed by atoms with Crippen molar-refractivity contribution in [2.45, 2.75) is 120 Å². The van der Waals surface area contributed by atoms with E-state index in [0.717, 1.165) is 35.8 Å². The van der Waals surface area contributed by atoms with Gasteiger partial charge in [-0.3, -0.25) is 33.6 Å². The Labute approximate surface area is 390 Å². The van der Waals surface area contributed by atoms with E-state index in [9.17, 15) is 79.5 Å². The summed E-state index contributed by atoms with van der Waals surface area (Å²) in [5.74, 6) is -6.01. The Bertz CT molecular complexity index is 2180. The van der Waals surface area contributed by atoms with Gasteiger partial charge in [0, 0.05) is 44.3 Å². The maximum Gasteiger partial charge on any atom is 0.251 e. The number of aliphatic hydroxyl groups excluding tert-OH is 8. The number of rotatable bonds is 20. The van der Waals surface area contributed by atoms with Crippen LogP contribution in [0.15, 0.2) is 48.5 Å². The molecule has 2 fully saturated rings. The summed E-state index contributed by atoms with van der Waals surface area (Å²) in [5.41, 5.74) is 5.41. The first-order chi connectivity index (χ1) is 32.0. The Kier molecular flexibility index (Phi) is 19.1. The van der Waals surface area contributed by atoms with Crippen LogP contribution in [0.2, 0.25) is 0 Å². The fourth-order valence-electron chi connectivity index (χ4n) is 7.72. The molecule has 24 nitrogen and oxygen atoms in total. The fraction of sp³-hybridized carbons (Fsp3) is 0.523. The average molecular weight is 958 g/mol. The minimum atomic E-state index is -2.29. The number of phenols is 1. The second-order valence-electron chi connectivity index (χ2n) is 16.7. The zero-order chi connectivity index (χ0) is 50.7. The van der Waals surface area contributed by atoms with E-state index in [2.05, 4.69) is 33.3 Å². The highest BCUT2D eigenvalue weighted by molar-refractivity contribution is 6.00. The number of amides is 7. The van der Waals surface area contributed by atoms with Crippen LogP contribution in [0.1, 0.15) is 62.6 Å². The number of nitrogens with zero attached hydrogens (tertiary/aromatic N) is 2. The summed E-state index contributed by atoms with van der Waals surface area (Å²) in [6, 6.07) is -0.778. The molecule has 24 heteroatoms. The number of hydrogen-bond acceptors (Lipinski definition) is 17. The summed E-state index contributed by atoms with van der Waals surface area (Å²) in [5, 5.41) is 104. The molecule has 0 radical (unpaired) electrons. The fourth-order valence-corrected chi connectivity index (χ4v) is 7.72. The van der Waals surface area contributed by atoms with Crippen LogP contribution in [0.4, 0.5) is 0 Å². The van der Waals surface area contributed by atoms with Gasteiger partial charge in [0.2, 0.25) is 35.4 Å². The first-order valence-corrected chi connectivity index (χ1v) is 21.5. The monoisotopic (exact) mass is 957 g/mol. The minimum absolute atomic E-state index is 0.0274. The van der Waals surface area contributed by atoms with Gasteiger partial charge in [0.15, 0.2) is 0 Å². The third-order valence-corrected chi connectivity index (χ3v) is 11.5. The molecular weight excluding hydrogens is 899 g/mol. The zero-order valence-corrected chi connectivity index (χ0v) is 37.5. The van der Waals surface area contributed by atoms with Gasteiger partial charge >= 0.3 is 0 Å². The number of phenolic OH excluding ortho intramolecular Hbond substituents is 1. The lowest BCUT2D eigenvalue weighted by atomic mass is 9.96. The molecule has 7 amide bonds. The summed E-state index contributed by atoms with van der Waals surface area (Å²) in [6.45, 7) is 3.62. The second-order valence-corrected chi connectivity index (χ2v) is 16.7. The Morgan fingerprint density at radius 3 is 1.91 bits per heavy atom. The van der Waals surface area contributed by atoms with E-state index in [1.165, 1.54) is 43.3 Å². The molecule has 372 valence electrons. The van der Waals surface area contributed by atoms with Crippen LogP contribution >= 0.6 is 0 Å². The van der Waals surface area contributed by atoms with E-state index in [1.54, 1.807) is 6.92 Å². The molecule has 4 rings (SSSR count). The van der Waals surface area contributed by atoms with Crippen molar-refractivity contribution in [3.8, 4) is 23.5 Å². The third kappa shape index (κ3) is 13.4.